The molecule has 1 heterocycles. The third-order valence-electron chi connectivity index (χ3n) is 4.10. The molecule has 1 atom stereocenters. The topological polar surface area (TPSA) is 32.7 Å². The Kier molecular flexibility index (Phi) is 4.24. The molecule has 0 bridgehead atoms. The van der Waals surface area contributed by atoms with Gasteiger partial charge in [0, 0.05) is 11.1 Å². The normalized spacial score (nSPS) is 24.5. The first-order valence-electron chi connectivity index (χ1n) is 7.42. The van der Waals surface area contributed by atoms with Gasteiger partial charge < -0.3 is 5.11 Å². The molecular formula is C17H27NO2. The minimum atomic E-state index is -0.258. The first-order valence-corrected chi connectivity index (χ1v) is 7.42. The molecule has 1 aromatic rings. The molecule has 1 fully saturated rings. The van der Waals surface area contributed by atoms with Crippen LogP contribution in [0.3, 0.4) is 0 Å². The van der Waals surface area contributed by atoms with Crippen molar-refractivity contribution in [2.45, 2.75) is 70.7 Å². The standard InChI is InChI=1S/C17H27NO2/c1-13(14-9-7-6-8-10-14)20-18-16(2,3)11-15(19)12-17(18,4)5/h6-10,13,15,19H,11-12H2,1-5H3/i18+1. The zero-order chi connectivity index (χ0) is 15.0. The number of benzene rings is 1. The second-order valence-electron chi connectivity index (χ2n) is 7.14. The van der Waals surface area contributed by atoms with Crippen molar-refractivity contribution >= 4 is 0 Å². The number of hydrogen-bond acceptors (Lipinski definition) is 3. The molecule has 1 saturated heterocycles. The Labute approximate surface area is 122 Å². The molecule has 20 heavy (non-hydrogen) atoms. The van der Waals surface area contributed by atoms with Crippen molar-refractivity contribution in [3.8, 4) is 0 Å². The number of aliphatic hydroxyl groups excluding tert-OH is 1. The summed E-state index contributed by atoms with van der Waals surface area (Å²) in [7, 11) is 0. The fourth-order valence-electron chi connectivity index (χ4n) is 3.44. The van der Waals surface area contributed by atoms with Crippen molar-refractivity contribution in [2.24, 2.45) is 0 Å². The minimum absolute atomic E-state index is 0.00462. The lowest BCUT2D eigenvalue weighted by molar-refractivity contribution is -0.313. The average Bonchev–Trinajstić information content (AvgIpc) is 2.33. The third-order valence-corrected chi connectivity index (χ3v) is 4.10. The maximum atomic E-state index is 10.1. The van der Waals surface area contributed by atoms with E-state index in [9.17, 15) is 5.11 Å². The van der Waals surface area contributed by atoms with E-state index >= 15 is 0 Å². The molecule has 1 aliphatic heterocycles. The Morgan fingerprint density at radius 3 is 2.10 bits per heavy atom. The molecule has 1 unspecified atom stereocenters. The van der Waals surface area contributed by atoms with Crippen molar-refractivity contribution in [1.82, 2.24) is 5.06 Å². The van der Waals surface area contributed by atoms with Crippen LogP contribution in [-0.2, 0) is 4.84 Å². The van der Waals surface area contributed by atoms with E-state index in [-0.39, 0.29) is 23.3 Å². The minimum Gasteiger partial charge on any atom is -0.393 e. The first-order chi connectivity index (χ1) is 9.22. The number of nitrogens with zero attached hydrogens (tertiary/aromatic N) is 1. The van der Waals surface area contributed by atoms with Gasteiger partial charge in [-0.15, -0.1) is 0 Å². The smallest absolute Gasteiger partial charge is 0.102 e. The van der Waals surface area contributed by atoms with Gasteiger partial charge in [0.1, 0.15) is 6.10 Å². The largest absolute Gasteiger partial charge is 0.393 e. The lowest BCUT2D eigenvalue weighted by Gasteiger charge is -2.53. The Morgan fingerprint density at radius 2 is 1.60 bits per heavy atom. The van der Waals surface area contributed by atoms with Crippen LogP contribution in [0.5, 0.6) is 0 Å². The second kappa shape index (κ2) is 5.47. The summed E-state index contributed by atoms with van der Waals surface area (Å²) in [6.07, 6.45) is 1.22. The molecule has 0 radical (unpaired) electrons. The molecular weight excluding hydrogens is 251 g/mol. The Morgan fingerprint density at radius 1 is 1.10 bits per heavy atom. The highest BCUT2D eigenvalue weighted by molar-refractivity contribution is 5.16. The van der Waals surface area contributed by atoms with Gasteiger partial charge in [-0.2, -0.15) is 5.06 Å². The van der Waals surface area contributed by atoms with Crippen LogP contribution >= 0.6 is 0 Å². The summed E-state index contributed by atoms with van der Waals surface area (Å²) < 4.78 is 0. The van der Waals surface area contributed by atoms with Crippen molar-refractivity contribution in [3.05, 3.63) is 35.9 Å². The van der Waals surface area contributed by atoms with Crippen LogP contribution in [0.25, 0.3) is 0 Å². The van der Waals surface area contributed by atoms with Crippen LogP contribution in [0, 0.1) is 0 Å². The van der Waals surface area contributed by atoms with E-state index in [1.807, 2.05) is 18.2 Å². The summed E-state index contributed by atoms with van der Waals surface area (Å²) in [5.74, 6) is 0. The van der Waals surface area contributed by atoms with Crippen LogP contribution in [0.4, 0.5) is 0 Å². The quantitative estimate of drug-likeness (QED) is 0.856. The predicted octanol–water partition coefficient (Wildman–Crippen LogP) is 3.69. The Balaban J connectivity index is 2.18. The van der Waals surface area contributed by atoms with E-state index < -0.39 is 0 Å². The SMILES string of the molecule is CC(O[15N]1C(C)(C)CC(O)CC1(C)C)c1ccccc1. The molecule has 0 saturated carbocycles. The lowest BCUT2D eigenvalue weighted by Crippen LogP contribution is -2.61. The molecule has 1 aliphatic rings. The van der Waals surface area contributed by atoms with E-state index in [2.05, 4.69) is 51.8 Å². The van der Waals surface area contributed by atoms with Crippen LogP contribution < -0.4 is 0 Å². The van der Waals surface area contributed by atoms with E-state index in [1.54, 1.807) is 0 Å². The van der Waals surface area contributed by atoms with Crippen molar-refractivity contribution in [2.75, 3.05) is 0 Å². The molecule has 0 aromatic heterocycles. The predicted molar refractivity (Wildman–Crippen MR) is 81.2 cm³/mol. The number of rotatable bonds is 3. The van der Waals surface area contributed by atoms with E-state index in [0.717, 1.165) is 12.8 Å². The summed E-state index contributed by atoms with van der Waals surface area (Å²) >= 11 is 0. The van der Waals surface area contributed by atoms with E-state index in [0.29, 0.717) is 0 Å². The van der Waals surface area contributed by atoms with Crippen molar-refractivity contribution < 1.29 is 9.94 Å². The molecule has 1 aromatic carbocycles. The lowest BCUT2D eigenvalue weighted by atomic mass is 9.84. The fourth-order valence-corrected chi connectivity index (χ4v) is 3.44. The summed E-state index contributed by atoms with van der Waals surface area (Å²) in [6, 6.07) is 10.3. The number of piperidine rings is 1. The zero-order valence-corrected chi connectivity index (χ0v) is 13.3. The molecule has 2 rings (SSSR count). The van der Waals surface area contributed by atoms with Gasteiger partial charge in [0.15, 0.2) is 0 Å². The summed E-state index contributed by atoms with van der Waals surface area (Å²) in [4.78, 5) is 6.28. The third kappa shape index (κ3) is 3.22. The Hall–Kier alpha value is -0.900. The maximum absolute atomic E-state index is 10.1. The van der Waals surface area contributed by atoms with Crippen LogP contribution in [0.1, 0.15) is 59.1 Å². The molecule has 3 nitrogen and oxygen atoms in total. The molecule has 3 heteroatoms. The molecule has 1 N–H and O–H groups in total. The maximum Gasteiger partial charge on any atom is 0.102 e. The average molecular weight is 278 g/mol. The van der Waals surface area contributed by atoms with Gasteiger partial charge in [0.2, 0.25) is 0 Å². The monoisotopic (exact) mass is 278 g/mol. The molecule has 0 amide bonds. The summed E-state index contributed by atoms with van der Waals surface area (Å²) in [5, 5.41) is 12.2. The first kappa shape index (κ1) is 15.5. The van der Waals surface area contributed by atoms with Gasteiger partial charge in [0.25, 0.3) is 0 Å². The Bertz CT molecular complexity index is 424. The van der Waals surface area contributed by atoms with Gasteiger partial charge >= 0.3 is 0 Å². The van der Waals surface area contributed by atoms with Crippen LogP contribution in [0.2, 0.25) is 0 Å². The van der Waals surface area contributed by atoms with E-state index in [1.165, 1.54) is 5.56 Å². The second-order valence-corrected chi connectivity index (χ2v) is 7.14. The highest BCUT2D eigenvalue weighted by Crippen LogP contribution is 2.40. The van der Waals surface area contributed by atoms with Crippen LogP contribution in [-0.4, -0.2) is 27.4 Å². The highest BCUT2D eigenvalue weighted by Gasteiger charge is 2.46. The van der Waals surface area contributed by atoms with Crippen molar-refractivity contribution in [1.29, 1.82) is 0 Å². The fraction of sp³-hybridized carbons (Fsp3) is 0.647. The number of hydroxylamine groups is 2. The number of aliphatic hydroxyl groups is 1. The molecule has 0 spiro atoms. The van der Waals surface area contributed by atoms with Gasteiger partial charge in [-0.1, -0.05) is 30.3 Å². The van der Waals surface area contributed by atoms with Crippen LogP contribution in [0.15, 0.2) is 30.3 Å². The zero-order valence-electron chi connectivity index (χ0n) is 13.3. The summed E-state index contributed by atoms with van der Waals surface area (Å²) in [5.41, 5.74) is 0.819. The molecule has 112 valence electrons. The van der Waals surface area contributed by atoms with Gasteiger partial charge in [-0.3, -0.25) is 4.84 Å². The van der Waals surface area contributed by atoms with Gasteiger partial charge in [-0.05, 0) is 53.0 Å². The van der Waals surface area contributed by atoms with Gasteiger partial charge in [0.05, 0.1) is 6.10 Å². The number of hydrogen-bond donors (Lipinski definition) is 1. The van der Waals surface area contributed by atoms with Crippen molar-refractivity contribution in [3.63, 3.8) is 0 Å². The van der Waals surface area contributed by atoms with Gasteiger partial charge in [-0.25, -0.2) is 0 Å². The summed E-state index contributed by atoms with van der Waals surface area (Å²) in [6.45, 7) is 10.6. The van der Waals surface area contributed by atoms with E-state index in [4.69, 9.17) is 4.84 Å². The molecule has 0 aliphatic carbocycles. The highest BCUT2D eigenvalue weighted by atomic mass is 16.9.